The fourth-order valence-corrected chi connectivity index (χ4v) is 2.45. The number of hydrogen-bond acceptors (Lipinski definition) is 0. The molecular weight excluding hydrogens is 252 g/mol. The number of allylic oxidation sites excluding steroid dienone is 5. The van der Waals surface area contributed by atoms with E-state index >= 15 is 0 Å². The monoisotopic (exact) mass is 282 g/mol. The zero-order valence-electron chi connectivity index (χ0n) is 14.2. The summed E-state index contributed by atoms with van der Waals surface area (Å²) in [5.41, 5.74) is 6.76. The predicted molar refractivity (Wildman–Crippen MR) is 96.5 cm³/mol. The molecule has 114 valence electrons. The highest BCUT2D eigenvalue weighted by Crippen LogP contribution is 2.18. The van der Waals surface area contributed by atoms with Gasteiger partial charge in [0.1, 0.15) is 0 Å². The summed E-state index contributed by atoms with van der Waals surface area (Å²) >= 11 is 0. The molecule has 0 bridgehead atoms. The van der Waals surface area contributed by atoms with E-state index in [1.54, 1.807) is 0 Å². The Labute approximate surface area is 131 Å². The Hall–Kier alpha value is -1.56. The summed E-state index contributed by atoms with van der Waals surface area (Å²) in [6.45, 7) is 13.1. The Kier molecular flexibility index (Phi) is 7.82. The molecule has 0 aliphatic rings. The predicted octanol–water partition coefficient (Wildman–Crippen LogP) is 6.74. The van der Waals surface area contributed by atoms with Gasteiger partial charge in [-0.25, -0.2) is 0 Å². The van der Waals surface area contributed by atoms with E-state index in [9.17, 15) is 0 Å². The lowest BCUT2D eigenvalue weighted by Crippen LogP contribution is -1.86. The first-order valence-electron chi connectivity index (χ1n) is 8.18. The van der Waals surface area contributed by atoms with Crippen LogP contribution in [0.3, 0.4) is 0 Å². The molecule has 0 N–H and O–H groups in total. The smallest absolute Gasteiger partial charge is 0.0136 e. The Bertz CT molecular complexity index is 515. The SMILES string of the molecule is C=C(/C=C\C/C(C)=C(\C)CCC)c1cccc(CCC)c1. The van der Waals surface area contributed by atoms with E-state index in [-0.39, 0.29) is 0 Å². The summed E-state index contributed by atoms with van der Waals surface area (Å²) in [5.74, 6) is 0. The third-order valence-corrected chi connectivity index (χ3v) is 3.93. The topological polar surface area (TPSA) is 0 Å². The van der Waals surface area contributed by atoms with Gasteiger partial charge in [0.25, 0.3) is 0 Å². The molecule has 0 radical (unpaired) electrons. The molecule has 0 atom stereocenters. The Balaban J connectivity index is 2.66. The van der Waals surface area contributed by atoms with Crippen molar-refractivity contribution in [3.05, 3.63) is 65.3 Å². The molecule has 0 heterocycles. The summed E-state index contributed by atoms with van der Waals surface area (Å²) in [7, 11) is 0. The zero-order chi connectivity index (χ0) is 15.7. The molecular formula is C21H30. The van der Waals surface area contributed by atoms with Crippen molar-refractivity contribution in [2.24, 2.45) is 0 Å². The summed E-state index contributed by atoms with van der Waals surface area (Å²) in [5, 5.41) is 0. The number of aryl methyl sites for hydroxylation is 1. The molecule has 0 spiro atoms. The van der Waals surface area contributed by atoms with Crippen molar-refractivity contribution in [3.63, 3.8) is 0 Å². The van der Waals surface area contributed by atoms with Crippen LogP contribution >= 0.6 is 0 Å². The van der Waals surface area contributed by atoms with Crippen molar-refractivity contribution in [2.45, 2.75) is 59.8 Å². The van der Waals surface area contributed by atoms with Crippen LogP contribution in [0.4, 0.5) is 0 Å². The van der Waals surface area contributed by atoms with Crippen molar-refractivity contribution in [1.29, 1.82) is 0 Å². The van der Waals surface area contributed by atoms with Crippen LogP contribution < -0.4 is 0 Å². The molecule has 0 aliphatic carbocycles. The van der Waals surface area contributed by atoms with Crippen LogP contribution in [0.5, 0.6) is 0 Å². The molecule has 0 saturated carbocycles. The molecule has 0 heteroatoms. The van der Waals surface area contributed by atoms with E-state index < -0.39 is 0 Å². The molecule has 0 amide bonds. The van der Waals surface area contributed by atoms with Gasteiger partial charge in [-0.1, -0.05) is 80.8 Å². The average molecular weight is 282 g/mol. The highest BCUT2D eigenvalue weighted by atomic mass is 14.0. The fraction of sp³-hybridized carbons (Fsp3) is 0.429. The molecule has 1 rings (SSSR count). The van der Waals surface area contributed by atoms with Gasteiger partial charge in [-0.2, -0.15) is 0 Å². The first kappa shape index (κ1) is 17.5. The van der Waals surface area contributed by atoms with Crippen LogP contribution in [-0.4, -0.2) is 0 Å². The van der Waals surface area contributed by atoms with Crippen molar-refractivity contribution in [3.8, 4) is 0 Å². The molecule has 0 aromatic heterocycles. The lowest BCUT2D eigenvalue weighted by atomic mass is 10.0. The number of rotatable bonds is 8. The summed E-state index contributed by atoms with van der Waals surface area (Å²) in [6, 6.07) is 8.75. The number of hydrogen-bond donors (Lipinski definition) is 0. The molecule has 0 saturated heterocycles. The lowest BCUT2D eigenvalue weighted by Gasteiger charge is -2.06. The maximum atomic E-state index is 4.20. The van der Waals surface area contributed by atoms with Crippen LogP contribution in [-0.2, 0) is 6.42 Å². The van der Waals surface area contributed by atoms with Crippen LogP contribution in [0.25, 0.3) is 5.57 Å². The minimum absolute atomic E-state index is 1.03. The van der Waals surface area contributed by atoms with Crippen molar-refractivity contribution in [2.75, 3.05) is 0 Å². The zero-order valence-corrected chi connectivity index (χ0v) is 14.2. The quantitative estimate of drug-likeness (QED) is 0.366. The summed E-state index contributed by atoms with van der Waals surface area (Å²) in [4.78, 5) is 0. The Morgan fingerprint density at radius 1 is 1.10 bits per heavy atom. The maximum Gasteiger partial charge on any atom is -0.0136 e. The summed E-state index contributed by atoms with van der Waals surface area (Å²) < 4.78 is 0. The highest BCUT2D eigenvalue weighted by Gasteiger charge is 1.98. The molecule has 1 aromatic rings. The summed E-state index contributed by atoms with van der Waals surface area (Å²) in [6.07, 6.45) is 10.2. The van der Waals surface area contributed by atoms with Gasteiger partial charge >= 0.3 is 0 Å². The minimum atomic E-state index is 1.03. The van der Waals surface area contributed by atoms with E-state index in [2.05, 4.69) is 70.7 Å². The second-order valence-electron chi connectivity index (χ2n) is 5.89. The normalized spacial score (nSPS) is 12.6. The van der Waals surface area contributed by atoms with Gasteiger partial charge in [-0.15, -0.1) is 0 Å². The van der Waals surface area contributed by atoms with Gasteiger partial charge in [0, 0.05) is 0 Å². The second-order valence-corrected chi connectivity index (χ2v) is 5.89. The largest absolute Gasteiger partial charge is 0.0912 e. The minimum Gasteiger partial charge on any atom is -0.0912 e. The first-order chi connectivity index (χ1) is 10.1. The van der Waals surface area contributed by atoms with Crippen LogP contribution in [0, 0.1) is 0 Å². The molecule has 0 aliphatic heterocycles. The molecule has 0 nitrogen and oxygen atoms in total. The fourth-order valence-electron chi connectivity index (χ4n) is 2.45. The average Bonchev–Trinajstić information content (AvgIpc) is 2.48. The van der Waals surface area contributed by atoms with Crippen molar-refractivity contribution in [1.82, 2.24) is 0 Å². The molecule has 0 fully saturated rings. The van der Waals surface area contributed by atoms with Gasteiger partial charge in [0.05, 0.1) is 0 Å². The van der Waals surface area contributed by atoms with Crippen molar-refractivity contribution >= 4 is 5.57 Å². The Morgan fingerprint density at radius 2 is 1.86 bits per heavy atom. The van der Waals surface area contributed by atoms with E-state index in [1.807, 2.05) is 0 Å². The third-order valence-electron chi connectivity index (χ3n) is 3.93. The third kappa shape index (κ3) is 6.16. The molecule has 1 aromatic carbocycles. The van der Waals surface area contributed by atoms with Crippen LogP contribution in [0.15, 0.2) is 54.1 Å². The van der Waals surface area contributed by atoms with Crippen LogP contribution in [0.2, 0.25) is 0 Å². The van der Waals surface area contributed by atoms with Gasteiger partial charge in [-0.3, -0.25) is 0 Å². The highest BCUT2D eigenvalue weighted by molar-refractivity contribution is 5.72. The molecule has 21 heavy (non-hydrogen) atoms. The van der Waals surface area contributed by atoms with E-state index in [0.717, 1.165) is 18.4 Å². The first-order valence-corrected chi connectivity index (χ1v) is 8.18. The number of benzene rings is 1. The van der Waals surface area contributed by atoms with Gasteiger partial charge in [0.2, 0.25) is 0 Å². The lowest BCUT2D eigenvalue weighted by molar-refractivity contribution is 0.882. The van der Waals surface area contributed by atoms with E-state index in [0.29, 0.717) is 0 Å². The van der Waals surface area contributed by atoms with Gasteiger partial charge in [-0.05, 0) is 49.8 Å². The van der Waals surface area contributed by atoms with E-state index in [1.165, 1.54) is 41.5 Å². The van der Waals surface area contributed by atoms with E-state index in [4.69, 9.17) is 0 Å². The Morgan fingerprint density at radius 3 is 2.52 bits per heavy atom. The van der Waals surface area contributed by atoms with Crippen LogP contribution in [0.1, 0.15) is 64.5 Å². The maximum absolute atomic E-state index is 4.20. The van der Waals surface area contributed by atoms with Crippen molar-refractivity contribution < 1.29 is 0 Å². The standard InChI is InChI=1S/C21H30/c1-6-10-17(3)18(4)12-8-13-19(5)21-15-9-14-20(16-21)11-7-2/h8-9,13-16H,5-7,10-12H2,1-4H3/b13-8-,18-17+. The second kappa shape index (κ2) is 9.39. The molecule has 0 unspecified atom stereocenters. The van der Waals surface area contributed by atoms with Gasteiger partial charge in [0.15, 0.2) is 0 Å². The van der Waals surface area contributed by atoms with Gasteiger partial charge < -0.3 is 0 Å².